The lowest BCUT2D eigenvalue weighted by atomic mass is 10.1. The van der Waals surface area contributed by atoms with E-state index < -0.39 is 5.91 Å². The van der Waals surface area contributed by atoms with Gasteiger partial charge in [-0.2, -0.15) is 5.48 Å². The smallest absolute Gasteiger partial charge is 0.245 e. The van der Waals surface area contributed by atoms with Crippen molar-refractivity contribution in [2.24, 2.45) is 5.73 Å². The Hall–Kier alpha value is -0.650. The average molecular weight is 187 g/mol. The van der Waals surface area contributed by atoms with Gasteiger partial charge in [-0.15, -0.1) is 0 Å². The van der Waals surface area contributed by atoms with Crippen LogP contribution < -0.4 is 16.5 Å². The lowest BCUT2D eigenvalue weighted by Crippen LogP contribution is -2.33. The molecular formula is C8H17N3O2. The number of carbonyl (C=O) groups excluding carboxylic acids is 1. The zero-order chi connectivity index (χ0) is 9.52. The molecule has 0 aromatic rings. The molecule has 5 heteroatoms. The van der Waals surface area contributed by atoms with Gasteiger partial charge < -0.3 is 11.1 Å². The normalized spacial score (nSPS) is 23.8. The number of primary amides is 1. The van der Waals surface area contributed by atoms with Crippen LogP contribution in [0.2, 0.25) is 0 Å². The lowest BCUT2D eigenvalue weighted by molar-refractivity contribution is -0.126. The number of rotatable bonds is 4. The lowest BCUT2D eigenvalue weighted by Gasteiger charge is -2.14. The van der Waals surface area contributed by atoms with Crippen molar-refractivity contribution in [3.05, 3.63) is 0 Å². The third-order valence-corrected chi connectivity index (χ3v) is 2.04. The molecule has 0 aromatic heterocycles. The molecule has 1 amide bonds. The summed E-state index contributed by atoms with van der Waals surface area (Å²) in [4.78, 5) is 15.3. The summed E-state index contributed by atoms with van der Waals surface area (Å²) in [6.07, 6.45) is 3.24. The van der Waals surface area contributed by atoms with Crippen LogP contribution in [0.4, 0.5) is 0 Å². The van der Waals surface area contributed by atoms with Crippen LogP contribution in [0, 0.1) is 0 Å². The average Bonchev–Trinajstić information content (AvgIpc) is 2.32. The molecule has 4 N–H and O–H groups in total. The molecule has 1 aliphatic rings. The summed E-state index contributed by atoms with van der Waals surface area (Å²) in [5, 5.41) is 3.29. The first-order valence-electron chi connectivity index (χ1n) is 4.65. The molecule has 13 heavy (non-hydrogen) atoms. The highest BCUT2D eigenvalue weighted by molar-refractivity contribution is 5.74. The maximum absolute atomic E-state index is 10.4. The van der Waals surface area contributed by atoms with Gasteiger partial charge in [0.2, 0.25) is 5.91 Å². The fourth-order valence-corrected chi connectivity index (χ4v) is 1.37. The van der Waals surface area contributed by atoms with Crippen LogP contribution in [0.15, 0.2) is 0 Å². The van der Waals surface area contributed by atoms with E-state index >= 15 is 0 Å². The first-order valence-corrected chi connectivity index (χ1v) is 4.65. The predicted octanol–water partition coefficient (Wildman–Crippen LogP) is -0.865. The summed E-state index contributed by atoms with van der Waals surface area (Å²) in [7, 11) is 0. The second-order valence-corrected chi connectivity index (χ2v) is 3.25. The number of carbonyl (C=O) groups is 1. The third-order valence-electron chi connectivity index (χ3n) is 2.04. The summed E-state index contributed by atoms with van der Waals surface area (Å²) < 4.78 is 0. The van der Waals surface area contributed by atoms with Gasteiger partial charge in [-0.05, 0) is 32.4 Å². The number of hydrogen-bond donors (Lipinski definition) is 3. The van der Waals surface area contributed by atoms with Gasteiger partial charge in [0.1, 0.15) is 6.61 Å². The molecule has 0 spiro atoms. The summed E-state index contributed by atoms with van der Waals surface area (Å²) in [6.45, 7) is 2.01. The molecule has 1 saturated heterocycles. The van der Waals surface area contributed by atoms with Crippen LogP contribution in [-0.2, 0) is 9.63 Å². The zero-order valence-electron chi connectivity index (χ0n) is 7.71. The minimum absolute atomic E-state index is 0.0517. The maximum Gasteiger partial charge on any atom is 0.245 e. The quantitative estimate of drug-likeness (QED) is 0.500. The summed E-state index contributed by atoms with van der Waals surface area (Å²) in [5.74, 6) is -0.445. The van der Waals surface area contributed by atoms with E-state index in [9.17, 15) is 4.79 Å². The Balaban J connectivity index is 2.08. The number of hydrogen-bond acceptors (Lipinski definition) is 4. The van der Waals surface area contributed by atoms with Gasteiger partial charge >= 0.3 is 0 Å². The highest BCUT2D eigenvalue weighted by Gasteiger charge is 2.11. The van der Waals surface area contributed by atoms with Crippen molar-refractivity contribution < 1.29 is 9.63 Å². The molecule has 1 atom stereocenters. The fraction of sp³-hybridized carbons (Fsp3) is 0.875. The van der Waals surface area contributed by atoms with Gasteiger partial charge in [0, 0.05) is 6.04 Å². The minimum Gasteiger partial charge on any atom is -0.368 e. The summed E-state index contributed by atoms with van der Waals surface area (Å²) >= 11 is 0. The van der Waals surface area contributed by atoms with Crippen LogP contribution >= 0.6 is 0 Å². The van der Waals surface area contributed by atoms with Gasteiger partial charge in [0.15, 0.2) is 0 Å². The van der Waals surface area contributed by atoms with E-state index in [2.05, 4.69) is 10.8 Å². The van der Waals surface area contributed by atoms with Crippen LogP contribution in [0.25, 0.3) is 0 Å². The van der Waals surface area contributed by atoms with Crippen LogP contribution in [-0.4, -0.2) is 31.6 Å². The first kappa shape index (κ1) is 10.4. The molecule has 1 heterocycles. The van der Waals surface area contributed by atoms with E-state index in [1.165, 1.54) is 0 Å². The summed E-state index contributed by atoms with van der Waals surface area (Å²) in [6, 6.07) is 0.342. The maximum atomic E-state index is 10.4. The van der Waals surface area contributed by atoms with Gasteiger partial charge in [0.05, 0.1) is 0 Å². The van der Waals surface area contributed by atoms with Crippen molar-refractivity contribution in [1.29, 1.82) is 0 Å². The Labute approximate surface area is 78.0 Å². The van der Waals surface area contributed by atoms with Crippen LogP contribution in [0.5, 0.6) is 0 Å². The number of nitrogens with one attached hydrogen (secondary N) is 2. The number of hydroxylamine groups is 1. The molecule has 0 aliphatic carbocycles. The van der Waals surface area contributed by atoms with Gasteiger partial charge in [-0.1, -0.05) is 0 Å². The van der Waals surface area contributed by atoms with Crippen LogP contribution in [0.1, 0.15) is 19.3 Å². The van der Waals surface area contributed by atoms with E-state index in [0.29, 0.717) is 6.04 Å². The molecule has 5 nitrogen and oxygen atoms in total. The Morgan fingerprint density at radius 1 is 1.54 bits per heavy atom. The molecule has 0 radical (unpaired) electrons. The van der Waals surface area contributed by atoms with Crippen LogP contribution in [0.3, 0.4) is 0 Å². The van der Waals surface area contributed by atoms with Crippen molar-refractivity contribution >= 4 is 5.91 Å². The molecule has 1 aliphatic heterocycles. The van der Waals surface area contributed by atoms with Gasteiger partial charge in [0.25, 0.3) is 0 Å². The monoisotopic (exact) mass is 187 g/mol. The van der Waals surface area contributed by atoms with Crippen molar-refractivity contribution in [3.63, 3.8) is 0 Å². The summed E-state index contributed by atoms with van der Waals surface area (Å²) in [5.41, 5.74) is 7.77. The number of amides is 1. The molecule has 0 aromatic carbocycles. The topological polar surface area (TPSA) is 76.4 Å². The van der Waals surface area contributed by atoms with E-state index in [0.717, 1.165) is 32.4 Å². The van der Waals surface area contributed by atoms with E-state index in [1.54, 1.807) is 0 Å². The van der Waals surface area contributed by atoms with Gasteiger partial charge in [-0.25, -0.2) is 0 Å². The predicted molar refractivity (Wildman–Crippen MR) is 48.8 cm³/mol. The molecule has 1 rings (SSSR count). The molecule has 1 unspecified atom stereocenters. The molecule has 1 fully saturated rings. The SMILES string of the molecule is NC(=O)CONC1CCCNCC1. The number of nitrogens with two attached hydrogens (primary N) is 1. The second kappa shape index (κ2) is 5.90. The largest absolute Gasteiger partial charge is 0.368 e. The Bertz CT molecular complexity index is 155. The van der Waals surface area contributed by atoms with Crippen molar-refractivity contribution in [2.75, 3.05) is 19.7 Å². The van der Waals surface area contributed by atoms with E-state index in [-0.39, 0.29) is 6.61 Å². The highest BCUT2D eigenvalue weighted by atomic mass is 16.6. The molecule has 76 valence electrons. The highest BCUT2D eigenvalue weighted by Crippen LogP contribution is 2.04. The van der Waals surface area contributed by atoms with Gasteiger partial charge in [-0.3, -0.25) is 9.63 Å². The molecule has 0 bridgehead atoms. The standard InChI is InChI=1S/C8H17N3O2/c9-8(12)6-13-11-7-2-1-4-10-5-3-7/h7,10-11H,1-6H2,(H2,9,12). The molecular weight excluding hydrogens is 170 g/mol. The van der Waals surface area contributed by atoms with Crippen molar-refractivity contribution in [1.82, 2.24) is 10.8 Å². The molecule has 0 saturated carbocycles. The van der Waals surface area contributed by atoms with Crippen molar-refractivity contribution in [2.45, 2.75) is 25.3 Å². The fourth-order valence-electron chi connectivity index (χ4n) is 1.37. The zero-order valence-corrected chi connectivity index (χ0v) is 7.71. The van der Waals surface area contributed by atoms with Crippen molar-refractivity contribution in [3.8, 4) is 0 Å². The second-order valence-electron chi connectivity index (χ2n) is 3.25. The van der Waals surface area contributed by atoms with E-state index in [4.69, 9.17) is 10.6 Å². The third kappa shape index (κ3) is 4.82. The minimum atomic E-state index is -0.445. The Morgan fingerprint density at radius 3 is 3.15 bits per heavy atom. The Morgan fingerprint density at radius 2 is 2.38 bits per heavy atom. The first-order chi connectivity index (χ1) is 6.29. The Kier molecular flexibility index (Phi) is 4.74. The van der Waals surface area contributed by atoms with E-state index in [1.807, 2.05) is 0 Å².